The number of anilines is 1. The molecule has 8 nitrogen and oxygen atoms in total. The van der Waals surface area contributed by atoms with E-state index in [-0.39, 0.29) is 11.9 Å². The van der Waals surface area contributed by atoms with Crippen LogP contribution in [-0.4, -0.2) is 57.3 Å². The predicted molar refractivity (Wildman–Crippen MR) is 94.6 cm³/mol. The molecule has 0 spiro atoms. The zero-order valence-electron chi connectivity index (χ0n) is 14.5. The average Bonchev–Trinajstić information content (AvgIpc) is 3.12. The van der Waals surface area contributed by atoms with Gasteiger partial charge >= 0.3 is 0 Å². The third-order valence-corrected chi connectivity index (χ3v) is 4.51. The van der Waals surface area contributed by atoms with Crippen LogP contribution in [0.5, 0.6) is 0 Å². The smallest absolute Gasteiger partial charge is 0.276 e. The Bertz CT molecular complexity index is 903. The lowest BCUT2D eigenvalue weighted by Gasteiger charge is -2.44. The van der Waals surface area contributed by atoms with Crippen LogP contribution < -0.4 is 4.90 Å². The van der Waals surface area contributed by atoms with Crippen LogP contribution in [0.4, 0.5) is 5.82 Å². The van der Waals surface area contributed by atoms with Gasteiger partial charge in [-0.15, -0.1) is 5.10 Å². The van der Waals surface area contributed by atoms with Gasteiger partial charge in [-0.3, -0.25) is 9.78 Å². The van der Waals surface area contributed by atoms with E-state index in [2.05, 4.69) is 25.2 Å². The molecular formula is C18H18N6O2. The Balaban J connectivity index is 1.40. The van der Waals surface area contributed by atoms with Crippen LogP contribution in [0, 0.1) is 6.92 Å². The minimum Gasteiger partial charge on any atom is -0.355 e. The molecule has 8 heteroatoms. The fraction of sp³-hybridized carbons (Fsp3) is 0.278. The van der Waals surface area contributed by atoms with Crippen LogP contribution in [0.1, 0.15) is 16.2 Å². The number of carbonyl (C=O) groups excluding carboxylic acids is 1. The highest BCUT2D eigenvalue weighted by atomic mass is 16.5. The number of aryl methyl sites for hydroxylation is 1. The van der Waals surface area contributed by atoms with Crippen molar-refractivity contribution < 1.29 is 9.32 Å². The largest absolute Gasteiger partial charge is 0.355 e. The molecule has 0 bridgehead atoms. The maximum atomic E-state index is 12.7. The molecule has 1 aliphatic rings. The Kier molecular flexibility index (Phi) is 4.08. The van der Waals surface area contributed by atoms with E-state index in [0.717, 1.165) is 17.1 Å². The molecule has 0 saturated carbocycles. The zero-order chi connectivity index (χ0) is 18.1. The second kappa shape index (κ2) is 6.55. The van der Waals surface area contributed by atoms with E-state index in [1.54, 1.807) is 30.4 Å². The van der Waals surface area contributed by atoms with Gasteiger partial charge < -0.3 is 14.3 Å². The summed E-state index contributed by atoms with van der Waals surface area (Å²) in [4.78, 5) is 20.5. The standard InChI is InChI=1S/C18H18N6O2/c1-12-5-6-17(21-20-12)24-10-14(11-24)23(2)18(25)15-8-16(26-22-15)13-4-3-7-19-9-13/h3-9,14H,10-11H2,1-2H3. The van der Waals surface area contributed by atoms with Gasteiger partial charge in [0.2, 0.25) is 0 Å². The average molecular weight is 350 g/mol. The Hall–Kier alpha value is -3.29. The van der Waals surface area contributed by atoms with Crippen molar-refractivity contribution >= 4 is 11.7 Å². The number of nitrogens with zero attached hydrogens (tertiary/aromatic N) is 6. The first-order valence-electron chi connectivity index (χ1n) is 8.31. The third-order valence-electron chi connectivity index (χ3n) is 4.51. The van der Waals surface area contributed by atoms with E-state index in [1.165, 1.54) is 0 Å². The monoisotopic (exact) mass is 350 g/mol. The van der Waals surface area contributed by atoms with E-state index < -0.39 is 0 Å². The van der Waals surface area contributed by atoms with Gasteiger partial charge in [-0.1, -0.05) is 5.16 Å². The summed E-state index contributed by atoms with van der Waals surface area (Å²) < 4.78 is 5.29. The topological polar surface area (TPSA) is 88.2 Å². The summed E-state index contributed by atoms with van der Waals surface area (Å²) in [5, 5.41) is 12.2. The van der Waals surface area contributed by atoms with Crippen molar-refractivity contribution in [3.8, 4) is 11.3 Å². The lowest BCUT2D eigenvalue weighted by molar-refractivity contribution is 0.0694. The predicted octanol–water partition coefficient (Wildman–Crippen LogP) is 1.80. The highest BCUT2D eigenvalue weighted by molar-refractivity contribution is 5.93. The van der Waals surface area contributed by atoms with Crippen LogP contribution in [0.15, 0.2) is 47.2 Å². The number of aromatic nitrogens is 4. The quantitative estimate of drug-likeness (QED) is 0.709. The van der Waals surface area contributed by atoms with Crippen molar-refractivity contribution in [2.24, 2.45) is 0 Å². The lowest BCUT2D eigenvalue weighted by Crippen LogP contribution is -2.60. The van der Waals surface area contributed by atoms with Gasteiger partial charge in [0.1, 0.15) is 0 Å². The second-order valence-corrected chi connectivity index (χ2v) is 6.33. The molecule has 0 aromatic carbocycles. The zero-order valence-corrected chi connectivity index (χ0v) is 14.5. The Morgan fingerprint density at radius 1 is 1.27 bits per heavy atom. The normalized spacial score (nSPS) is 14.2. The van der Waals surface area contributed by atoms with Crippen LogP contribution in [0.2, 0.25) is 0 Å². The molecule has 0 aliphatic carbocycles. The van der Waals surface area contributed by atoms with E-state index >= 15 is 0 Å². The Labute approximate surface area is 150 Å². The Morgan fingerprint density at radius 2 is 2.12 bits per heavy atom. The summed E-state index contributed by atoms with van der Waals surface area (Å²) in [6.07, 6.45) is 3.35. The van der Waals surface area contributed by atoms with Crippen molar-refractivity contribution in [2.75, 3.05) is 25.0 Å². The molecular weight excluding hydrogens is 332 g/mol. The second-order valence-electron chi connectivity index (χ2n) is 6.33. The van der Waals surface area contributed by atoms with E-state index in [0.29, 0.717) is 24.5 Å². The fourth-order valence-corrected chi connectivity index (χ4v) is 2.81. The molecule has 1 fully saturated rings. The number of hydrogen-bond acceptors (Lipinski definition) is 7. The maximum Gasteiger partial charge on any atom is 0.276 e. The fourth-order valence-electron chi connectivity index (χ4n) is 2.81. The van der Waals surface area contributed by atoms with Gasteiger partial charge in [0.25, 0.3) is 5.91 Å². The van der Waals surface area contributed by atoms with Crippen LogP contribution in [0.3, 0.4) is 0 Å². The van der Waals surface area contributed by atoms with E-state index in [4.69, 9.17) is 4.52 Å². The van der Waals surface area contributed by atoms with Crippen molar-refractivity contribution in [2.45, 2.75) is 13.0 Å². The molecule has 0 atom stereocenters. The SMILES string of the molecule is Cc1ccc(N2CC(N(C)C(=O)c3cc(-c4cccnc4)on3)C2)nn1. The highest BCUT2D eigenvalue weighted by Gasteiger charge is 2.34. The van der Waals surface area contributed by atoms with Gasteiger partial charge in [-0.2, -0.15) is 5.10 Å². The molecule has 3 aromatic heterocycles. The molecule has 3 aromatic rings. The third kappa shape index (κ3) is 3.01. The van der Waals surface area contributed by atoms with Gasteiger partial charge in [-0.05, 0) is 31.2 Å². The van der Waals surface area contributed by atoms with Gasteiger partial charge in [0.15, 0.2) is 17.3 Å². The van der Waals surface area contributed by atoms with Crippen molar-refractivity contribution in [1.29, 1.82) is 0 Å². The lowest BCUT2D eigenvalue weighted by atomic mass is 10.1. The van der Waals surface area contributed by atoms with Gasteiger partial charge in [-0.25, -0.2) is 0 Å². The molecule has 0 unspecified atom stereocenters. The number of rotatable bonds is 4. The molecule has 0 radical (unpaired) electrons. The number of carbonyl (C=O) groups is 1. The molecule has 4 rings (SSSR count). The van der Waals surface area contributed by atoms with Crippen molar-refractivity contribution in [1.82, 2.24) is 25.2 Å². The first kappa shape index (κ1) is 16.2. The van der Waals surface area contributed by atoms with Crippen LogP contribution in [-0.2, 0) is 0 Å². The number of pyridine rings is 1. The highest BCUT2D eigenvalue weighted by Crippen LogP contribution is 2.23. The summed E-state index contributed by atoms with van der Waals surface area (Å²) >= 11 is 0. The first-order chi connectivity index (χ1) is 12.6. The number of likely N-dealkylation sites (N-methyl/N-ethyl adjacent to an activating group) is 1. The molecule has 132 valence electrons. The maximum absolute atomic E-state index is 12.7. The minimum atomic E-state index is -0.163. The van der Waals surface area contributed by atoms with Gasteiger partial charge in [0.05, 0.1) is 11.7 Å². The molecule has 1 saturated heterocycles. The molecule has 1 amide bonds. The summed E-state index contributed by atoms with van der Waals surface area (Å²) in [7, 11) is 1.78. The van der Waals surface area contributed by atoms with Crippen LogP contribution in [0.25, 0.3) is 11.3 Å². The minimum absolute atomic E-state index is 0.101. The summed E-state index contributed by atoms with van der Waals surface area (Å²) in [5.74, 6) is 1.19. The van der Waals surface area contributed by atoms with Gasteiger partial charge in [0, 0.05) is 44.2 Å². The molecule has 26 heavy (non-hydrogen) atoms. The van der Waals surface area contributed by atoms with E-state index in [9.17, 15) is 4.79 Å². The summed E-state index contributed by atoms with van der Waals surface area (Å²) in [6, 6.07) is 9.29. The molecule has 1 aliphatic heterocycles. The van der Waals surface area contributed by atoms with Crippen LogP contribution >= 0.6 is 0 Å². The number of amides is 1. The summed E-state index contributed by atoms with van der Waals surface area (Å²) in [6.45, 7) is 3.33. The Morgan fingerprint density at radius 3 is 2.81 bits per heavy atom. The molecule has 4 heterocycles. The van der Waals surface area contributed by atoms with Crippen molar-refractivity contribution in [3.05, 3.63) is 54.1 Å². The number of hydrogen-bond donors (Lipinski definition) is 0. The van der Waals surface area contributed by atoms with E-state index in [1.807, 2.05) is 31.2 Å². The molecule has 0 N–H and O–H groups in total. The van der Waals surface area contributed by atoms with Crippen molar-refractivity contribution in [3.63, 3.8) is 0 Å². The summed E-state index contributed by atoms with van der Waals surface area (Å²) in [5.41, 5.74) is 1.96. The first-order valence-corrected chi connectivity index (χ1v) is 8.31.